The Labute approximate surface area is 214 Å². The zero-order valence-corrected chi connectivity index (χ0v) is 20.0. The molecule has 4 rings (SSSR count). The highest BCUT2D eigenvalue weighted by Crippen LogP contribution is 2.39. The number of nitrogens with one attached hydrogen (secondary N) is 2. The van der Waals surface area contributed by atoms with E-state index in [9.17, 15) is 35.5 Å². The van der Waals surface area contributed by atoms with Gasteiger partial charge in [0.1, 0.15) is 11.4 Å². The van der Waals surface area contributed by atoms with E-state index in [4.69, 9.17) is 0 Å². The number of pyridine rings is 1. The van der Waals surface area contributed by atoms with Crippen molar-refractivity contribution in [2.45, 2.75) is 56.0 Å². The summed E-state index contributed by atoms with van der Waals surface area (Å²) in [4.78, 5) is 17.3. The van der Waals surface area contributed by atoms with E-state index in [1.165, 1.54) is 0 Å². The first-order chi connectivity index (χ1) is 17.9. The third-order valence-electron chi connectivity index (χ3n) is 6.57. The minimum absolute atomic E-state index is 0.211. The predicted octanol–water partition coefficient (Wildman–Crippen LogP) is 6.99. The van der Waals surface area contributed by atoms with Gasteiger partial charge in [0.05, 0.1) is 16.8 Å². The summed E-state index contributed by atoms with van der Waals surface area (Å²) in [5.41, 5.74) is -4.89. The molecule has 1 aliphatic carbocycles. The number of carbonyl (C=O) groups is 1. The molecule has 0 radical (unpaired) electrons. The molecule has 1 aromatic heterocycles. The third-order valence-corrected chi connectivity index (χ3v) is 6.57. The number of rotatable bonds is 6. The van der Waals surface area contributed by atoms with Gasteiger partial charge in [0.15, 0.2) is 0 Å². The van der Waals surface area contributed by atoms with E-state index < -0.39 is 52.1 Å². The fourth-order valence-electron chi connectivity index (χ4n) is 4.75. The lowest BCUT2D eigenvalue weighted by Crippen LogP contribution is -2.54. The summed E-state index contributed by atoms with van der Waals surface area (Å²) in [6.07, 6.45) is -6.11. The Bertz CT molecular complexity index is 1270. The van der Waals surface area contributed by atoms with Crippen molar-refractivity contribution in [3.63, 3.8) is 0 Å². The Balaban J connectivity index is 1.95. The summed E-state index contributed by atoms with van der Waals surface area (Å²) in [5, 5.41) is 5.36. The molecular weight excluding hydrogens is 515 g/mol. The molecule has 1 aliphatic rings. The second kappa shape index (κ2) is 10.6. The van der Waals surface area contributed by atoms with Crippen LogP contribution in [0.15, 0.2) is 66.9 Å². The topological polar surface area (TPSA) is 54.0 Å². The fraction of sp³-hybridized carbons (Fsp3) is 0.333. The highest BCUT2D eigenvalue weighted by Gasteiger charge is 2.42. The molecule has 202 valence electrons. The first-order valence-electron chi connectivity index (χ1n) is 11.9. The van der Waals surface area contributed by atoms with Crippen LogP contribution in [0.4, 0.5) is 35.5 Å². The van der Waals surface area contributed by atoms with Gasteiger partial charge in [-0.1, -0.05) is 43.2 Å². The van der Waals surface area contributed by atoms with Crippen LogP contribution in [0.25, 0.3) is 0 Å². The number of halogens is 7. The SMILES string of the molecule is O=C(NC1CCCC1)N[C@@](Cc1ccccc1)(c1cc(F)cc(C(F)(F)F)c1)c1cc(C(F)(F)F)ccn1. The monoisotopic (exact) mass is 539 g/mol. The lowest BCUT2D eigenvalue weighted by atomic mass is 9.79. The largest absolute Gasteiger partial charge is 0.416 e. The summed E-state index contributed by atoms with van der Waals surface area (Å²) < 4.78 is 96.7. The number of carbonyl (C=O) groups excluding carboxylic acids is 1. The summed E-state index contributed by atoms with van der Waals surface area (Å²) in [6.45, 7) is 0. The number of benzene rings is 2. The van der Waals surface area contributed by atoms with Gasteiger partial charge in [0.25, 0.3) is 0 Å². The Morgan fingerprint density at radius 1 is 0.842 bits per heavy atom. The highest BCUT2D eigenvalue weighted by molar-refractivity contribution is 5.76. The third kappa shape index (κ3) is 6.25. The molecule has 1 atom stereocenters. The number of amides is 2. The van der Waals surface area contributed by atoms with Gasteiger partial charge in [0, 0.05) is 18.7 Å². The minimum atomic E-state index is -4.96. The van der Waals surface area contributed by atoms with E-state index in [-0.39, 0.29) is 18.5 Å². The van der Waals surface area contributed by atoms with Gasteiger partial charge in [-0.15, -0.1) is 0 Å². The average Bonchev–Trinajstić information content (AvgIpc) is 3.36. The number of hydrogen-bond acceptors (Lipinski definition) is 2. The first-order valence-corrected chi connectivity index (χ1v) is 11.9. The summed E-state index contributed by atoms with van der Waals surface area (Å²) in [6, 6.07) is 10.2. The molecule has 0 unspecified atom stereocenters. The van der Waals surface area contributed by atoms with Crippen LogP contribution < -0.4 is 10.6 Å². The van der Waals surface area contributed by atoms with Gasteiger partial charge in [-0.3, -0.25) is 4.98 Å². The van der Waals surface area contributed by atoms with Crippen LogP contribution >= 0.6 is 0 Å². The Hall–Kier alpha value is -3.63. The molecule has 1 heterocycles. The summed E-state index contributed by atoms with van der Waals surface area (Å²) in [7, 11) is 0. The minimum Gasteiger partial charge on any atom is -0.335 e. The normalized spacial score (nSPS) is 16.2. The van der Waals surface area contributed by atoms with Gasteiger partial charge in [0.2, 0.25) is 0 Å². The van der Waals surface area contributed by atoms with Crippen molar-refractivity contribution in [1.82, 2.24) is 15.6 Å². The Morgan fingerprint density at radius 3 is 2.11 bits per heavy atom. The van der Waals surface area contributed by atoms with E-state index in [0.29, 0.717) is 36.6 Å². The number of nitrogens with zero attached hydrogens (tertiary/aromatic N) is 1. The molecule has 0 saturated heterocycles. The zero-order chi connectivity index (χ0) is 27.6. The number of hydrogen-bond donors (Lipinski definition) is 2. The molecule has 1 saturated carbocycles. The molecule has 2 amide bonds. The van der Waals surface area contributed by atoms with Crippen LogP contribution in [0.5, 0.6) is 0 Å². The predicted molar refractivity (Wildman–Crippen MR) is 125 cm³/mol. The molecule has 1 fully saturated rings. The van der Waals surface area contributed by atoms with Crippen LogP contribution in [0.2, 0.25) is 0 Å². The van der Waals surface area contributed by atoms with Crippen molar-refractivity contribution in [3.8, 4) is 0 Å². The molecule has 38 heavy (non-hydrogen) atoms. The maximum absolute atomic E-state index is 14.6. The molecule has 4 nitrogen and oxygen atoms in total. The Kier molecular flexibility index (Phi) is 7.66. The molecule has 0 bridgehead atoms. The van der Waals surface area contributed by atoms with Crippen LogP contribution in [-0.4, -0.2) is 17.1 Å². The van der Waals surface area contributed by atoms with Crippen LogP contribution in [0.3, 0.4) is 0 Å². The van der Waals surface area contributed by atoms with Gasteiger partial charge < -0.3 is 10.6 Å². The molecule has 0 aliphatic heterocycles. The average molecular weight is 539 g/mol. The van der Waals surface area contributed by atoms with Crippen molar-refractivity contribution in [2.75, 3.05) is 0 Å². The smallest absolute Gasteiger partial charge is 0.335 e. The molecule has 3 aromatic rings. The maximum atomic E-state index is 14.6. The molecule has 2 aromatic carbocycles. The van der Waals surface area contributed by atoms with Crippen molar-refractivity contribution >= 4 is 6.03 Å². The molecule has 11 heteroatoms. The number of urea groups is 1. The van der Waals surface area contributed by atoms with Gasteiger partial charge in [-0.05, 0) is 54.3 Å². The standard InChI is InChI=1S/C27H24F7N3O/c28-21-13-19(12-20(14-21)27(32,33)34)25(16-17-6-2-1-3-7-17,37-24(38)36-22-8-4-5-9-22)23-15-18(10-11-35-23)26(29,30)31/h1-3,6-7,10-15,22H,4-5,8-9,16H2,(H2,36,37,38)/t25-/m0/s1. The fourth-order valence-corrected chi connectivity index (χ4v) is 4.75. The van der Waals surface area contributed by atoms with Crippen LogP contribution in [-0.2, 0) is 24.3 Å². The van der Waals surface area contributed by atoms with Gasteiger partial charge >= 0.3 is 18.4 Å². The maximum Gasteiger partial charge on any atom is 0.416 e. The van der Waals surface area contributed by atoms with E-state index in [1.807, 2.05) is 0 Å². The Morgan fingerprint density at radius 2 is 1.47 bits per heavy atom. The quantitative estimate of drug-likeness (QED) is 0.332. The summed E-state index contributed by atoms with van der Waals surface area (Å²) in [5.74, 6) is -1.27. The lowest BCUT2D eigenvalue weighted by molar-refractivity contribution is -0.138. The number of alkyl halides is 6. The lowest BCUT2D eigenvalue weighted by Gasteiger charge is -2.36. The molecular formula is C27H24F7N3O. The van der Waals surface area contributed by atoms with Crippen molar-refractivity contribution in [2.24, 2.45) is 0 Å². The van der Waals surface area contributed by atoms with E-state index in [1.54, 1.807) is 30.3 Å². The molecule has 2 N–H and O–H groups in total. The number of aromatic nitrogens is 1. The second-order valence-corrected chi connectivity index (χ2v) is 9.30. The molecule has 0 spiro atoms. The summed E-state index contributed by atoms with van der Waals surface area (Å²) >= 11 is 0. The first kappa shape index (κ1) is 27.4. The van der Waals surface area contributed by atoms with E-state index >= 15 is 0 Å². The van der Waals surface area contributed by atoms with Gasteiger partial charge in [-0.25, -0.2) is 9.18 Å². The van der Waals surface area contributed by atoms with E-state index in [2.05, 4.69) is 15.6 Å². The van der Waals surface area contributed by atoms with Crippen LogP contribution in [0, 0.1) is 5.82 Å². The van der Waals surface area contributed by atoms with Crippen molar-refractivity contribution < 1.29 is 35.5 Å². The van der Waals surface area contributed by atoms with Crippen LogP contribution in [0.1, 0.15) is 53.6 Å². The zero-order valence-electron chi connectivity index (χ0n) is 20.0. The second-order valence-electron chi connectivity index (χ2n) is 9.30. The van der Waals surface area contributed by atoms with Crippen molar-refractivity contribution in [1.29, 1.82) is 0 Å². The van der Waals surface area contributed by atoms with E-state index in [0.717, 1.165) is 25.1 Å². The highest BCUT2D eigenvalue weighted by atomic mass is 19.4. The van der Waals surface area contributed by atoms with Crippen molar-refractivity contribution in [3.05, 3.63) is 101 Å². The van der Waals surface area contributed by atoms with Gasteiger partial charge in [-0.2, -0.15) is 26.3 Å².